The Bertz CT molecular complexity index is 1540. The second-order valence-electron chi connectivity index (χ2n) is 14.8. The minimum Gasteiger partial charge on any atom is -0.481 e. The molecule has 0 fully saturated rings. The van der Waals surface area contributed by atoms with Crippen LogP contribution in [0.3, 0.4) is 0 Å². The van der Waals surface area contributed by atoms with Crippen LogP contribution < -0.4 is 54.0 Å². The largest absolute Gasteiger partial charge is 0.481 e. The molecule has 0 saturated heterocycles. The zero-order valence-corrected chi connectivity index (χ0v) is 34.3. The lowest BCUT2D eigenvalue weighted by Gasteiger charge is -2.26. The molecule has 0 aliphatic carbocycles. The van der Waals surface area contributed by atoms with Gasteiger partial charge in [0, 0.05) is 6.54 Å². The minimum absolute atomic E-state index is 0.0338. The summed E-state index contributed by atoms with van der Waals surface area (Å²) in [6.07, 6.45) is -1.42. The molecule has 0 radical (unpaired) electrons. The second-order valence-corrected chi connectivity index (χ2v) is 14.8. The van der Waals surface area contributed by atoms with E-state index in [0.29, 0.717) is 0 Å². The molecule has 334 valence electrons. The van der Waals surface area contributed by atoms with E-state index in [1.54, 1.807) is 13.8 Å². The number of nitrogens with two attached hydrogens (primary N) is 2. The summed E-state index contributed by atoms with van der Waals surface area (Å²) in [5.41, 5.74) is 11.1. The average Bonchev–Trinajstić information content (AvgIpc) is 3.10. The lowest BCUT2D eigenvalue weighted by atomic mass is 10.0. The summed E-state index contributed by atoms with van der Waals surface area (Å²) in [5, 5.41) is 53.7. The van der Waals surface area contributed by atoms with Gasteiger partial charge < -0.3 is 69.3 Å². The Morgan fingerprint density at radius 1 is 0.508 bits per heavy atom. The van der Waals surface area contributed by atoms with Gasteiger partial charge in [0.25, 0.3) is 0 Å². The topological polar surface area (TPSA) is 404 Å². The van der Waals surface area contributed by atoms with E-state index < -0.39 is 120 Å². The van der Waals surface area contributed by atoms with E-state index in [1.165, 1.54) is 20.8 Å². The molecule has 0 aromatic heterocycles. The lowest BCUT2D eigenvalue weighted by molar-refractivity contribution is -0.147. The molecule has 0 aliphatic heterocycles. The highest BCUT2D eigenvalue weighted by Gasteiger charge is 2.33. The molecule has 0 spiro atoms. The second kappa shape index (κ2) is 26.0. The lowest BCUT2D eigenvalue weighted by Crippen LogP contribution is -2.59. The van der Waals surface area contributed by atoms with E-state index in [9.17, 15) is 58.2 Å². The molecular formula is C35H61N11O13. The first-order valence-corrected chi connectivity index (χ1v) is 18.9. The number of hydrogen-bond acceptors (Lipinski definition) is 12. The first-order chi connectivity index (χ1) is 27.2. The normalized spacial score (nSPS) is 15.0. The number of carbonyl (C=O) groups excluding carboxylic acids is 7. The van der Waals surface area contributed by atoms with Crippen molar-refractivity contribution in [3.8, 4) is 0 Å². The van der Waals surface area contributed by atoms with Crippen LogP contribution in [0, 0.1) is 17.2 Å². The zero-order chi connectivity index (χ0) is 45.7. The molecule has 0 heterocycles. The number of amides is 7. The summed E-state index contributed by atoms with van der Waals surface area (Å²) >= 11 is 0. The molecule has 0 unspecified atom stereocenters. The number of rotatable bonds is 27. The van der Waals surface area contributed by atoms with Crippen molar-refractivity contribution in [2.45, 2.75) is 135 Å². The molecule has 0 aromatic carbocycles. The Morgan fingerprint density at radius 2 is 0.881 bits per heavy atom. The molecule has 16 N–H and O–H groups in total. The van der Waals surface area contributed by atoms with Gasteiger partial charge in [0.05, 0.1) is 18.9 Å². The van der Waals surface area contributed by atoms with Crippen molar-refractivity contribution >= 4 is 65.2 Å². The van der Waals surface area contributed by atoms with Gasteiger partial charge in [0.1, 0.15) is 42.3 Å². The van der Waals surface area contributed by atoms with Crippen LogP contribution in [0.1, 0.15) is 87.0 Å². The molecular weight excluding hydrogens is 782 g/mol. The molecule has 59 heavy (non-hydrogen) atoms. The Labute approximate surface area is 341 Å². The van der Waals surface area contributed by atoms with Crippen LogP contribution in [0.2, 0.25) is 0 Å². The molecule has 0 rings (SSSR count). The van der Waals surface area contributed by atoms with Crippen LogP contribution in [0.5, 0.6) is 0 Å². The highest BCUT2D eigenvalue weighted by Crippen LogP contribution is 2.08. The van der Waals surface area contributed by atoms with Crippen molar-refractivity contribution < 1.29 is 63.3 Å². The van der Waals surface area contributed by atoms with Crippen LogP contribution in [0.4, 0.5) is 0 Å². The monoisotopic (exact) mass is 843 g/mol. The van der Waals surface area contributed by atoms with Gasteiger partial charge in [0.2, 0.25) is 41.4 Å². The standard InChI is InChI=1S/C35H61N11O13/c1-15(2)11-20(36)30(54)45-23(13-25(47)48)33(57)42-19(7)29(53)44-22(12-16(3)4)32(56)41-17(5)27(51)40-18(6)28(52)43-21(9-8-10-39-35(37)38)31(55)46-24(34(58)59)14-26(49)50/h15-24H,8-14,36H2,1-7H3,(H,40,51)(H,41,56)(H,42,57)(H,43,52)(H,44,53)(H,45,54)(H,46,55)(H,47,48)(H,49,50)(H,58,59)(H4,37,38,39)/t17-,18-,19-,20-,21-,22-,23-,24-/m0/s1. The van der Waals surface area contributed by atoms with Crippen molar-refractivity contribution in [3.63, 3.8) is 0 Å². The quantitative estimate of drug-likeness (QED) is 0.0214. The third-order valence-corrected chi connectivity index (χ3v) is 8.28. The Hall–Kier alpha value is -6.07. The molecule has 7 amide bonds. The highest BCUT2D eigenvalue weighted by atomic mass is 16.4. The minimum atomic E-state index is -1.82. The smallest absolute Gasteiger partial charge is 0.326 e. The molecule has 0 aromatic rings. The third kappa shape index (κ3) is 21.9. The molecule has 8 atom stereocenters. The van der Waals surface area contributed by atoms with E-state index >= 15 is 0 Å². The number of carboxylic acid groups (broad SMARTS) is 3. The van der Waals surface area contributed by atoms with Gasteiger partial charge in [0.15, 0.2) is 5.96 Å². The van der Waals surface area contributed by atoms with Crippen molar-refractivity contribution in [1.82, 2.24) is 42.5 Å². The summed E-state index contributed by atoms with van der Waals surface area (Å²) in [6, 6.07) is -11.0. The number of hydrogen-bond donors (Lipinski definition) is 14. The van der Waals surface area contributed by atoms with Gasteiger partial charge in [-0.3, -0.25) is 48.6 Å². The Balaban J connectivity index is 5.69. The van der Waals surface area contributed by atoms with E-state index in [-0.39, 0.29) is 50.0 Å². The fraction of sp³-hybridized carbons (Fsp3) is 0.686. The van der Waals surface area contributed by atoms with Crippen LogP contribution >= 0.6 is 0 Å². The van der Waals surface area contributed by atoms with Gasteiger partial charge in [-0.1, -0.05) is 27.7 Å². The molecule has 24 heteroatoms. The van der Waals surface area contributed by atoms with E-state index in [4.69, 9.17) is 22.0 Å². The molecule has 0 aliphatic rings. The number of aliphatic carboxylic acids is 3. The summed E-state index contributed by atoms with van der Waals surface area (Å²) in [4.78, 5) is 125. The summed E-state index contributed by atoms with van der Waals surface area (Å²) in [7, 11) is 0. The summed E-state index contributed by atoms with van der Waals surface area (Å²) < 4.78 is 0. The Kier molecular flexibility index (Phi) is 23.4. The van der Waals surface area contributed by atoms with Crippen LogP contribution in [-0.2, 0) is 47.9 Å². The zero-order valence-electron chi connectivity index (χ0n) is 34.3. The summed E-state index contributed by atoms with van der Waals surface area (Å²) in [5.74, 6) is -11.3. The average molecular weight is 844 g/mol. The third-order valence-electron chi connectivity index (χ3n) is 8.28. The predicted molar refractivity (Wildman–Crippen MR) is 209 cm³/mol. The summed E-state index contributed by atoms with van der Waals surface area (Å²) in [6.45, 7) is 11.0. The maximum atomic E-state index is 13.3. The van der Waals surface area contributed by atoms with Crippen molar-refractivity contribution in [1.29, 1.82) is 5.41 Å². The fourth-order valence-electron chi connectivity index (χ4n) is 5.18. The molecule has 0 bridgehead atoms. The van der Waals surface area contributed by atoms with E-state index in [1.807, 2.05) is 13.8 Å². The maximum Gasteiger partial charge on any atom is 0.326 e. The Morgan fingerprint density at radius 3 is 1.32 bits per heavy atom. The number of carbonyl (C=O) groups is 10. The van der Waals surface area contributed by atoms with Gasteiger partial charge in [-0.15, -0.1) is 0 Å². The first-order valence-electron chi connectivity index (χ1n) is 18.9. The van der Waals surface area contributed by atoms with Gasteiger partial charge in [-0.25, -0.2) is 4.79 Å². The SMILES string of the molecule is CC(C)C[C@H](NC(=O)[C@H](C)NC(=O)[C@H](CC(=O)O)NC(=O)[C@@H](N)CC(C)C)C(=O)N[C@@H](C)C(=O)N[C@@H](C)C(=O)N[C@@H](CCCNC(=N)N)C(=O)N[C@@H](CC(=O)O)C(=O)O. The highest BCUT2D eigenvalue weighted by molar-refractivity contribution is 5.98. The van der Waals surface area contributed by atoms with Crippen LogP contribution in [0.15, 0.2) is 0 Å². The molecule has 24 nitrogen and oxygen atoms in total. The molecule has 0 saturated carbocycles. The van der Waals surface area contributed by atoms with E-state index in [0.717, 1.165) is 0 Å². The van der Waals surface area contributed by atoms with Gasteiger partial charge >= 0.3 is 17.9 Å². The number of carboxylic acids is 3. The van der Waals surface area contributed by atoms with Crippen molar-refractivity contribution in [3.05, 3.63) is 0 Å². The van der Waals surface area contributed by atoms with E-state index in [2.05, 4.69) is 42.5 Å². The van der Waals surface area contributed by atoms with Crippen molar-refractivity contribution in [2.24, 2.45) is 23.3 Å². The van der Waals surface area contributed by atoms with Gasteiger partial charge in [-0.05, 0) is 58.3 Å². The maximum absolute atomic E-state index is 13.3. The first kappa shape index (κ1) is 52.9. The number of guanidine groups is 1. The van der Waals surface area contributed by atoms with Crippen LogP contribution in [-0.4, -0.2) is 135 Å². The van der Waals surface area contributed by atoms with Crippen molar-refractivity contribution in [2.75, 3.05) is 6.54 Å². The number of nitrogens with one attached hydrogen (secondary N) is 9. The van der Waals surface area contributed by atoms with Crippen LogP contribution in [0.25, 0.3) is 0 Å². The predicted octanol–water partition coefficient (Wildman–Crippen LogP) is -3.84. The fourth-order valence-corrected chi connectivity index (χ4v) is 5.18. The van der Waals surface area contributed by atoms with Gasteiger partial charge in [-0.2, -0.15) is 0 Å².